The number of piperazine rings is 1. The van der Waals surface area contributed by atoms with Crippen LogP contribution in [0.4, 0.5) is 4.39 Å². The predicted octanol–water partition coefficient (Wildman–Crippen LogP) is 1.55. The minimum atomic E-state index is -0.238. The number of halogens is 1. The van der Waals surface area contributed by atoms with E-state index in [0.717, 1.165) is 75.6 Å². The van der Waals surface area contributed by atoms with E-state index >= 15 is 0 Å². The zero-order valence-electron chi connectivity index (χ0n) is 18.6. The van der Waals surface area contributed by atoms with E-state index < -0.39 is 0 Å². The van der Waals surface area contributed by atoms with E-state index in [4.69, 9.17) is 0 Å². The van der Waals surface area contributed by atoms with Crippen LogP contribution in [-0.2, 0) is 18.4 Å². The van der Waals surface area contributed by atoms with Crippen LogP contribution in [0, 0.1) is 5.82 Å². The van der Waals surface area contributed by atoms with Gasteiger partial charge in [-0.15, -0.1) is 0 Å². The number of piperidine rings is 1. The normalized spacial score (nSPS) is 19.6. The van der Waals surface area contributed by atoms with E-state index in [2.05, 4.69) is 38.2 Å². The SMILES string of the molecule is CN1CCN(CC(=O)NC2CCN(Cc3cc(-c4ccc(F)cc4)nn3C)CC2)CC1. The van der Waals surface area contributed by atoms with Gasteiger partial charge in [0.05, 0.1) is 17.9 Å². The number of hydrogen-bond acceptors (Lipinski definition) is 5. The first kappa shape index (κ1) is 21.9. The molecule has 0 atom stereocenters. The van der Waals surface area contributed by atoms with Gasteiger partial charge < -0.3 is 10.2 Å². The van der Waals surface area contributed by atoms with E-state index in [1.807, 2.05) is 11.7 Å². The largest absolute Gasteiger partial charge is 0.352 e. The number of amides is 1. The summed E-state index contributed by atoms with van der Waals surface area (Å²) >= 11 is 0. The van der Waals surface area contributed by atoms with Gasteiger partial charge in [0.25, 0.3) is 0 Å². The van der Waals surface area contributed by atoms with E-state index in [-0.39, 0.29) is 17.8 Å². The van der Waals surface area contributed by atoms with Gasteiger partial charge in [0, 0.05) is 64.5 Å². The third-order valence-corrected chi connectivity index (χ3v) is 6.42. The van der Waals surface area contributed by atoms with Crippen molar-refractivity contribution in [2.24, 2.45) is 7.05 Å². The fourth-order valence-corrected chi connectivity index (χ4v) is 4.36. The topological polar surface area (TPSA) is 56.6 Å². The molecule has 0 bridgehead atoms. The third-order valence-electron chi connectivity index (χ3n) is 6.42. The van der Waals surface area contributed by atoms with Gasteiger partial charge in [-0.2, -0.15) is 5.10 Å². The van der Waals surface area contributed by atoms with Gasteiger partial charge >= 0.3 is 0 Å². The van der Waals surface area contributed by atoms with Crippen LogP contribution in [-0.4, -0.2) is 89.3 Å². The summed E-state index contributed by atoms with van der Waals surface area (Å²) in [5, 5.41) is 7.83. The first-order valence-corrected chi connectivity index (χ1v) is 11.2. The number of aryl methyl sites for hydroxylation is 1. The van der Waals surface area contributed by atoms with Gasteiger partial charge in [0.2, 0.25) is 5.91 Å². The highest BCUT2D eigenvalue weighted by Gasteiger charge is 2.23. The number of carbonyl (C=O) groups is 1. The Bertz CT molecular complexity index is 867. The summed E-state index contributed by atoms with van der Waals surface area (Å²) in [6.45, 7) is 7.24. The second-order valence-electron chi connectivity index (χ2n) is 8.85. The van der Waals surface area contributed by atoms with Crippen LogP contribution in [0.15, 0.2) is 30.3 Å². The van der Waals surface area contributed by atoms with Gasteiger partial charge in [-0.25, -0.2) is 4.39 Å². The lowest BCUT2D eigenvalue weighted by molar-refractivity contribution is -0.123. The molecule has 2 aliphatic rings. The quantitative estimate of drug-likeness (QED) is 0.757. The molecule has 168 valence electrons. The molecule has 2 aromatic rings. The monoisotopic (exact) mass is 428 g/mol. The van der Waals surface area contributed by atoms with E-state index in [0.29, 0.717) is 6.54 Å². The summed E-state index contributed by atoms with van der Waals surface area (Å²) in [7, 11) is 4.08. The molecule has 31 heavy (non-hydrogen) atoms. The fraction of sp³-hybridized carbons (Fsp3) is 0.565. The van der Waals surface area contributed by atoms with Crippen LogP contribution in [0.25, 0.3) is 11.3 Å². The van der Waals surface area contributed by atoms with Crippen LogP contribution in [0.2, 0.25) is 0 Å². The highest BCUT2D eigenvalue weighted by atomic mass is 19.1. The van der Waals surface area contributed by atoms with Crippen molar-refractivity contribution in [1.82, 2.24) is 29.8 Å². The smallest absolute Gasteiger partial charge is 0.234 e. The molecule has 0 radical (unpaired) electrons. The second kappa shape index (κ2) is 9.89. The number of nitrogens with zero attached hydrogens (tertiary/aromatic N) is 5. The summed E-state index contributed by atoms with van der Waals surface area (Å²) in [6, 6.07) is 8.79. The molecule has 1 N–H and O–H groups in total. The minimum absolute atomic E-state index is 0.151. The van der Waals surface area contributed by atoms with E-state index in [9.17, 15) is 9.18 Å². The highest BCUT2D eigenvalue weighted by molar-refractivity contribution is 5.78. The van der Waals surface area contributed by atoms with Crippen molar-refractivity contribution in [3.05, 3.63) is 41.8 Å². The number of nitrogens with one attached hydrogen (secondary N) is 1. The van der Waals surface area contributed by atoms with Crippen molar-refractivity contribution in [3.63, 3.8) is 0 Å². The number of benzene rings is 1. The van der Waals surface area contributed by atoms with Gasteiger partial charge in [0.1, 0.15) is 5.82 Å². The Kier molecular flexibility index (Phi) is 6.99. The van der Waals surface area contributed by atoms with Crippen LogP contribution >= 0.6 is 0 Å². The molecule has 0 unspecified atom stereocenters. The summed E-state index contributed by atoms with van der Waals surface area (Å²) in [5.41, 5.74) is 2.92. The molecule has 1 aromatic heterocycles. The number of aromatic nitrogens is 2. The molecule has 0 saturated carbocycles. The molecule has 8 heteroatoms. The molecule has 3 heterocycles. The Balaban J connectivity index is 1.23. The van der Waals surface area contributed by atoms with E-state index in [1.165, 1.54) is 12.1 Å². The summed E-state index contributed by atoms with van der Waals surface area (Å²) < 4.78 is 15.1. The number of likely N-dealkylation sites (N-methyl/N-ethyl adjacent to an activating group) is 1. The Labute approximate surface area is 183 Å². The predicted molar refractivity (Wildman–Crippen MR) is 119 cm³/mol. The molecule has 2 fully saturated rings. The Morgan fingerprint density at radius 3 is 2.39 bits per heavy atom. The Hall–Kier alpha value is -2.29. The van der Waals surface area contributed by atoms with Crippen molar-refractivity contribution in [2.45, 2.75) is 25.4 Å². The van der Waals surface area contributed by atoms with Gasteiger partial charge in [-0.3, -0.25) is 19.3 Å². The standard InChI is InChI=1S/C23H33FN6O/c1-27-11-13-30(14-12-27)17-23(31)25-20-7-9-29(10-8-20)16-21-15-22(26-28(21)2)18-3-5-19(24)6-4-18/h3-6,15,20H,7-14,16-17H2,1-2H3,(H,25,31). The lowest BCUT2D eigenvalue weighted by Gasteiger charge is -2.34. The maximum Gasteiger partial charge on any atom is 0.234 e. The van der Waals surface area contributed by atoms with Gasteiger partial charge in [-0.1, -0.05) is 0 Å². The molecule has 0 spiro atoms. The number of hydrogen-bond donors (Lipinski definition) is 1. The number of rotatable bonds is 6. The molecule has 4 rings (SSSR count). The van der Waals surface area contributed by atoms with Crippen LogP contribution in [0.3, 0.4) is 0 Å². The molecule has 2 aliphatic heterocycles. The molecular weight excluding hydrogens is 395 g/mol. The maximum atomic E-state index is 13.2. The molecule has 1 amide bonds. The molecule has 2 saturated heterocycles. The number of carbonyl (C=O) groups excluding carboxylic acids is 1. The molecular formula is C23H33FN6O. The third kappa shape index (κ3) is 5.90. The average molecular weight is 429 g/mol. The van der Waals surface area contributed by atoms with Crippen molar-refractivity contribution >= 4 is 5.91 Å². The van der Waals surface area contributed by atoms with Gasteiger partial charge in [-0.05, 0) is 50.2 Å². The Morgan fingerprint density at radius 1 is 1.03 bits per heavy atom. The zero-order chi connectivity index (χ0) is 21.8. The van der Waals surface area contributed by atoms with Crippen molar-refractivity contribution in [1.29, 1.82) is 0 Å². The highest BCUT2D eigenvalue weighted by Crippen LogP contribution is 2.21. The average Bonchev–Trinajstić information content (AvgIpc) is 3.12. The summed E-state index contributed by atoms with van der Waals surface area (Å²) in [4.78, 5) is 19.4. The first-order chi connectivity index (χ1) is 15.0. The maximum absolute atomic E-state index is 13.2. The van der Waals surface area contributed by atoms with Crippen molar-refractivity contribution in [2.75, 3.05) is 52.9 Å². The van der Waals surface area contributed by atoms with E-state index in [1.54, 1.807) is 12.1 Å². The Morgan fingerprint density at radius 2 is 1.71 bits per heavy atom. The lowest BCUT2D eigenvalue weighted by atomic mass is 10.0. The molecule has 7 nitrogen and oxygen atoms in total. The van der Waals surface area contributed by atoms with Crippen LogP contribution in [0.5, 0.6) is 0 Å². The second-order valence-corrected chi connectivity index (χ2v) is 8.85. The molecule has 1 aromatic carbocycles. The fourth-order valence-electron chi connectivity index (χ4n) is 4.36. The van der Waals surface area contributed by atoms with Crippen molar-refractivity contribution in [3.8, 4) is 11.3 Å². The minimum Gasteiger partial charge on any atom is -0.352 e. The summed E-state index contributed by atoms with van der Waals surface area (Å²) in [6.07, 6.45) is 1.94. The van der Waals surface area contributed by atoms with Gasteiger partial charge in [0.15, 0.2) is 0 Å². The summed E-state index contributed by atoms with van der Waals surface area (Å²) in [5.74, 6) is -0.0861. The number of likely N-dealkylation sites (tertiary alicyclic amines) is 1. The van der Waals surface area contributed by atoms with Crippen LogP contribution in [0.1, 0.15) is 18.5 Å². The lowest BCUT2D eigenvalue weighted by Crippen LogP contribution is -2.51. The first-order valence-electron chi connectivity index (χ1n) is 11.2. The van der Waals surface area contributed by atoms with Crippen LogP contribution < -0.4 is 5.32 Å². The zero-order valence-corrected chi connectivity index (χ0v) is 18.6. The molecule has 0 aliphatic carbocycles. The van der Waals surface area contributed by atoms with Crippen molar-refractivity contribution < 1.29 is 9.18 Å².